The number of allylic oxidation sites excluding steroid dienone is 2. The minimum atomic E-state index is -0.547. The van der Waals surface area contributed by atoms with Gasteiger partial charge in [-0.05, 0) is 46.7 Å². The van der Waals surface area contributed by atoms with E-state index in [1.54, 1.807) is 22.9 Å². The van der Waals surface area contributed by atoms with Crippen molar-refractivity contribution in [1.82, 2.24) is 5.48 Å². The zero-order chi connectivity index (χ0) is 15.9. The van der Waals surface area contributed by atoms with Gasteiger partial charge in [-0.1, -0.05) is 43.0 Å². The van der Waals surface area contributed by atoms with E-state index in [0.29, 0.717) is 0 Å². The molecule has 0 saturated carbocycles. The first-order chi connectivity index (χ1) is 10.6. The summed E-state index contributed by atoms with van der Waals surface area (Å²) in [6.45, 7) is 6.07. The summed E-state index contributed by atoms with van der Waals surface area (Å²) in [5, 5.41) is 10.5. The maximum atomic E-state index is 11.0. The summed E-state index contributed by atoms with van der Waals surface area (Å²) in [7, 11) is 0. The molecule has 0 unspecified atom stereocenters. The van der Waals surface area contributed by atoms with Crippen molar-refractivity contribution < 1.29 is 10.0 Å². The zero-order valence-electron chi connectivity index (χ0n) is 12.2. The minimum absolute atomic E-state index is 0.547. The Morgan fingerprint density at radius 3 is 2.73 bits per heavy atom. The van der Waals surface area contributed by atoms with Crippen molar-refractivity contribution >= 4 is 35.0 Å². The van der Waals surface area contributed by atoms with Crippen molar-refractivity contribution in [1.29, 1.82) is 0 Å². The van der Waals surface area contributed by atoms with Gasteiger partial charge in [0.15, 0.2) is 0 Å². The molecule has 4 heteroatoms. The van der Waals surface area contributed by atoms with Crippen LogP contribution < -0.4 is 5.48 Å². The Labute approximate surface area is 133 Å². The van der Waals surface area contributed by atoms with Crippen LogP contribution in [0.15, 0.2) is 54.4 Å². The third-order valence-electron chi connectivity index (χ3n) is 3.13. The molecule has 0 atom stereocenters. The highest BCUT2D eigenvalue weighted by molar-refractivity contribution is 7.11. The van der Waals surface area contributed by atoms with Crippen molar-refractivity contribution in [2.75, 3.05) is 0 Å². The number of aryl methyl sites for hydroxylation is 1. The third-order valence-corrected chi connectivity index (χ3v) is 4.08. The SMILES string of the molecule is C=C(/C=C/c1ccc(/C=C/C(=O)NO)cc1C)c1cccs1. The molecule has 0 aliphatic heterocycles. The molecule has 2 N–H and O–H groups in total. The summed E-state index contributed by atoms with van der Waals surface area (Å²) in [6.07, 6.45) is 6.97. The predicted octanol–water partition coefficient (Wildman–Crippen LogP) is 4.30. The van der Waals surface area contributed by atoms with Crippen LogP contribution in [0.2, 0.25) is 0 Å². The topological polar surface area (TPSA) is 49.3 Å². The van der Waals surface area contributed by atoms with E-state index in [4.69, 9.17) is 5.21 Å². The number of rotatable bonds is 5. The summed E-state index contributed by atoms with van der Waals surface area (Å²) < 4.78 is 0. The summed E-state index contributed by atoms with van der Waals surface area (Å²) >= 11 is 1.67. The zero-order valence-corrected chi connectivity index (χ0v) is 13.1. The largest absolute Gasteiger partial charge is 0.288 e. The van der Waals surface area contributed by atoms with Gasteiger partial charge >= 0.3 is 0 Å². The molecule has 112 valence electrons. The minimum Gasteiger partial charge on any atom is -0.288 e. The number of amides is 1. The average Bonchev–Trinajstić information content (AvgIpc) is 3.05. The Hall–Kier alpha value is -2.43. The van der Waals surface area contributed by atoms with Gasteiger partial charge in [0.05, 0.1) is 0 Å². The molecule has 1 amide bonds. The van der Waals surface area contributed by atoms with Gasteiger partial charge in [-0.2, -0.15) is 0 Å². The second-order valence-electron chi connectivity index (χ2n) is 4.76. The Morgan fingerprint density at radius 2 is 2.09 bits per heavy atom. The van der Waals surface area contributed by atoms with Gasteiger partial charge in [0.25, 0.3) is 5.91 Å². The first-order valence-electron chi connectivity index (χ1n) is 6.74. The second kappa shape index (κ2) is 7.54. The fraction of sp³-hybridized carbons (Fsp3) is 0.0556. The van der Waals surface area contributed by atoms with E-state index in [-0.39, 0.29) is 0 Å². The molecule has 0 bridgehead atoms. The van der Waals surface area contributed by atoms with E-state index in [9.17, 15) is 4.79 Å². The summed E-state index contributed by atoms with van der Waals surface area (Å²) in [6, 6.07) is 9.94. The molecule has 0 aliphatic rings. The van der Waals surface area contributed by atoms with E-state index < -0.39 is 5.91 Å². The third kappa shape index (κ3) is 4.28. The normalized spacial score (nSPS) is 11.2. The number of thiophene rings is 1. The van der Waals surface area contributed by atoms with Crippen LogP contribution in [-0.2, 0) is 4.79 Å². The molecular formula is C18H17NO2S. The molecular weight excluding hydrogens is 294 g/mol. The molecule has 2 rings (SSSR count). The van der Waals surface area contributed by atoms with Crippen LogP contribution in [0, 0.1) is 6.92 Å². The molecule has 0 aliphatic carbocycles. The standard InChI is InChI=1S/C18H17NO2S/c1-13(17-4-3-11-22-17)5-8-16-9-6-15(12-14(16)2)7-10-18(20)19-21/h3-12,21H,1H2,2H3,(H,19,20)/b8-5+,10-7+. The fourth-order valence-electron chi connectivity index (χ4n) is 1.93. The predicted molar refractivity (Wildman–Crippen MR) is 92.5 cm³/mol. The smallest absolute Gasteiger partial charge is 0.267 e. The van der Waals surface area contributed by atoms with Gasteiger partial charge in [-0.3, -0.25) is 10.0 Å². The quantitative estimate of drug-likeness (QED) is 0.374. The monoisotopic (exact) mass is 311 g/mol. The summed E-state index contributed by atoms with van der Waals surface area (Å²) in [5.74, 6) is -0.547. The molecule has 1 heterocycles. The molecule has 0 fully saturated rings. The number of hydroxylamine groups is 1. The highest BCUT2D eigenvalue weighted by atomic mass is 32.1. The van der Waals surface area contributed by atoms with Gasteiger partial charge in [-0.25, -0.2) is 5.48 Å². The van der Waals surface area contributed by atoms with Crippen LogP contribution in [0.4, 0.5) is 0 Å². The highest BCUT2D eigenvalue weighted by Crippen LogP contribution is 2.21. The number of hydrogen-bond acceptors (Lipinski definition) is 3. The van der Waals surface area contributed by atoms with Crippen molar-refractivity contribution in [3.05, 3.63) is 76.0 Å². The average molecular weight is 311 g/mol. The first kappa shape index (κ1) is 15.9. The molecule has 0 spiro atoms. The van der Waals surface area contributed by atoms with Gasteiger partial charge in [0.2, 0.25) is 0 Å². The lowest BCUT2D eigenvalue weighted by molar-refractivity contribution is -0.124. The van der Waals surface area contributed by atoms with Crippen molar-refractivity contribution in [3.8, 4) is 0 Å². The van der Waals surface area contributed by atoms with Gasteiger partial charge in [0.1, 0.15) is 0 Å². The second-order valence-corrected chi connectivity index (χ2v) is 5.71. The number of carbonyl (C=O) groups is 1. The Balaban J connectivity index is 2.11. The molecule has 3 nitrogen and oxygen atoms in total. The lowest BCUT2D eigenvalue weighted by Crippen LogP contribution is -2.14. The molecule has 22 heavy (non-hydrogen) atoms. The van der Waals surface area contributed by atoms with Crippen molar-refractivity contribution in [2.24, 2.45) is 0 Å². The first-order valence-corrected chi connectivity index (χ1v) is 7.62. The molecule has 0 radical (unpaired) electrons. The van der Waals surface area contributed by atoms with Crippen molar-refractivity contribution in [2.45, 2.75) is 6.92 Å². The van der Waals surface area contributed by atoms with E-state index in [1.807, 2.05) is 54.8 Å². The number of nitrogens with one attached hydrogen (secondary N) is 1. The maximum absolute atomic E-state index is 11.0. The fourth-order valence-corrected chi connectivity index (χ4v) is 2.61. The Morgan fingerprint density at radius 1 is 1.27 bits per heavy atom. The van der Waals surface area contributed by atoms with E-state index in [0.717, 1.165) is 27.1 Å². The van der Waals surface area contributed by atoms with Crippen molar-refractivity contribution in [3.63, 3.8) is 0 Å². The number of carbonyl (C=O) groups excluding carboxylic acids is 1. The Bertz CT molecular complexity index is 728. The van der Waals surface area contributed by atoms with Crippen LogP contribution in [0.5, 0.6) is 0 Å². The van der Waals surface area contributed by atoms with Gasteiger partial charge in [0, 0.05) is 11.0 Å². The molecule has 1 aromatic heterocycles. The maximum Gasteiger partial charge on any atom is 0.267 e. The van der Waals surface area contributed by atoms with Gasteiger partial charge < -0.3 is 0 Å². The van der Waals surface area contributed by atoms with E-state index in [2.05, 4.69) is 6.58 Å². The van der Waals surface area contributed by atoms with Crippen LogP contribution in [0.25, 0.3) is 17.7 Å². The lowest BCUT2D eigenvalue weighted by atomic mass is 10.0. The van der Waals surface area contributed by atoms with E-state index in [1.165, 1.54) is 6.08 Å². The summed E-state index contributed by atoms with van der Waals surface area (Å²) in [4.78, 5) is 12.1. The summed E-state index contributed by atoms with van der Waals surface area (Å²) in [5.41, 5.74) is 5.64. The van der Waals surface area contributed by atoms with Gasteiger partial charge in [-0.15, -0.1) is 11.3 Å². The van der Waals surface area contributed by atoms with E-state index >= 15 is 0 Å². The molecule has 2 aromatic rings. The number of benzene rings is 1. The molecule has 0 saturated heterocycles. The van der Waals surface area contributed by atoms with Crippen LogP contribution in [-0.4, -0.2) is 11.1 Å². The molecule has 1 aromatic carbocycles. The van der Waals surface area contributed by atoms with Crippen LogP contribution >= 0.6 is 11.3 Å². The Kier molecular flexibility index (Phi) is 5.47. The highest BCUT2D eigenvalue weighted by Gasteiger charge is 1.99. The van der Waals surface area contributed by atoms with Crippen LogP contribution in [0.1, 0.15) is 21.6 Å². The number of hydrogen-bond donors (Lipinski definition) is 2. The lowest BCUT2D eigenvalue weighted by Gasteiger charge is -2.03. The van der Waals surface area contributed by atoms with Crippen LogP contribution in [0.3, 0.4) is 0 Å².